The van der Waals surface area contributed by atoms with Crippen molar-refractivity contribution in [3.63, 3.8) is 0 Å². The number of nitro benzene ring substituents is 1. The SMILES string of the molecule is C=CCCOC(=O)N(C)C1CC(=NOCc2ccc([N+](=O)[O-])cc2)C2=CC(CCCCO)C(CCCCO)C3c4cc(OC(=O)NCc5ccccc5)ccc4OC1(OCC=C)C23. The first kappa shape index (κ1) is 46.5. The number of hydrogen-bond donors (Lipinski definition) is 3. The van der Waals surface area contributed by atoms with Crippen LogP contribution in [-0.2, 0) is 27.5 Å². The minimum Gasteiger partial charge on any atom is -0.459 e. The lowest BCUT2D eigenvalue weighted by Crippen LogP contribution is -2.69. The van der Waals surface area contributed by atoms with Gasteiger partial charge in [0.15, 0.2) is 0 Å². The summed E-state index contributed by atoms with van der Waals surface area (Å²) in [5, 5.41) is 38.7. The molecule has 3 aromatic rings. The molecule has 0 radical (unpaired) electrons. The maximum absolute atomic E-state index is 13.9. The molecule has 336 valence electrons. The molecule has 1 heterocycles. The van der Waals surface area contributed by atoms with Gasteiger partial charge in [-0.05, 0) is 91.0 Å². The highest BCUT2D eigenvalue weighted by Gasteiger charge is 2.65. The number of unbranched alkanes of at least 4 members (excludes halogenated alkanes) is 2. The fraction of sp³-hybridized carbons (Fsp3) is 0.438. The largest absolute Gasteiger partial charge is 0.459 e. The quantitative estimate of drug-likeness (QED) is 0.0381. The van der Waals surface area contributed by atoms with Crippen LogP contribution in [0.1, 0.15) is 74.0 Å². The van der Waals surface area contributed by atoms with Crippen molar-refractivity contribution in [2.75, 3.05) is 33.5 Å². The summed E-state index contributed by atoms with van der Waals surface area (Å²) in [4.78, 5) is 45.5. The van der Waals surface area contributed by atoms with Crippen LogP contribution in [0.25, 0.3) is 0 Å². The van der Waals surface area contributed by atoms with E-state index in [-0.39, 0.29) is 69.4 Å². The van der Waals surface area contributed by atoms with E-state index in [1.807, 2.05) is 36.4 Å². The van der Waals surface area contributed by atoms with Crippen molar-refractivity contribution in [1.29, 1.82) is 0 Å². The smallest absolute Gasteiger partial charge is 0.412 e. The lowest BCUT2D eigenvalue weighted by molar-refractivity contribution is -0.384. The van der Waals surface area contributed by atoms with Crippen molar-refractivity contribution < 1.29 is 48.5 Å². The number of rotatable bonds is 22. The van der Waals surface area contributed by atoms with E-state index in [0.717, 1.165) is 36.0 Å². The van der Waals surface area contributed by atoms with E-state index in [2.05, 4.69) is 24.6 Å². The normalized spacial score (nSPS) is 22.6. The van der Waals surface area contributed by atoms with Crippen LogP contribution in [0.5, 0.6) is 11.5 Å². The fourth-order valence-corrected chi connectivity index (χ4v) is 9.06. The van der Waals surface area contributed by atoms with E-state index in [0.29, 0.717) is 48.5 Å². The van der Waals surface area contributed by atoms with Gasteiger partial charge in [0.25, 0.3) is 5.69 Å². The zero-order chi connectivity index (χ0) is 44.8. The molecule has 15 nitrogen and oxygen atoms in total. The number of nitrogens with zero attached hydrogens (tertiary/aromatic N) is 3. The molecule has 15 heteroatoms. The molecule has 6 atom stereocenters. The number of nitrogens with one attached hydrogen (secondary N) is 1. The van der Waals surface area contributed by atoms with Crippen LogP contribution in [0.4, 0.5) is 15.3 Å². The number of hydrogen-bond acceptors (Lipinski definition) is 12. The molecule has 6 rings (SSSR count). The third-order valence-electron chi connectivity index (χ3n) is 12.0. The van der Waals surface area contributed by atoms with Crippen LogP contribution in [0.3, 0.4) is 0 Å². The molecule has 63 heavy (non-hydrogen) atoms. The Morgan fingerprint density at radius 3 is 2.44 bits per heavy atom. The Balaban J connectivity index is 1.48. The first-order valence-corrected chi connectivity index (χ1v) is 21.6. The third-order valence-corrected chi connectivity index (χ3v) is 12.0. The Morgan fingerprint density at radius 1 is 1.00 bits per heavy atom. The fourth-order valence-electron chi connectivity index (χ4n) is 9.06. The van der Waals surface area contributed by atoms with Crippen molar-refractivity contribution in [3.8, 4) is 11.5 Å². The average molecular weight is 867 g/mol. The van der Waals surface area contributed by atoms with Crippen molar-refractivity contribution in [2.24, 2.45) is 22.9 Å². The Morgan fingerprint density at radius 2 is 1.75 bits per heavy atom. The number of nitro groups is 1. The van der Waals surface area contributed by atoms with Gasteiger partial charge in [0.2, 0.25) is 5.79 Å². The number of oxime groups is 1. The highest BCUT2D eigenvalue weighted by Crippen LogP contribution is 2.61. The number of aliphatic hydroxyl groups excluding tert-OH is 2. The van der Waals surface area contributed by atoms with Crippen LogP contribution in [0.2, 0.25) is 0 Å². The van der Waals surface area contributed by atoms with Gasteiger partial charge < -0.3 is 44.2 Å². The molecule has 1 aliphatic heterocycles. The monoisotopic (exact) mass is 866 g/mol. The number of carbonyl (C=O) groups is 2. The molecule has 2 amide bonds. The number of amides is 2. The third kappa shape index (κ3) is 11.1. The second-order valence-corrected chi connectivity index (χ2v) is 16.0. The van der Waals surface area contributed by atoms with Gasteiger partial charge in [-0.3, -0.25) is 10.1 Å². The molecule has 2 aliphatic carbocycles. The first-order chi connectivity index (χ1) is 30.6. The molecule has 0 spiro atoms. The molecule has 0 aromatic heterocycles. The summed E-state index contributed by atoms with van der Waals surface area (Å²) in [6.07, 6.45) is 8.99. The standard InChI is InChI=1S/C48H58N4O11/c1-4-6-27-59-47(56)51(3)43-30-41(50-61-32-34-18-20-36(21-19-34)52(57)58)39-28-35(16-10-12-24-53)38(17-11-13-25-54)44-40-29-37(62-46(55)49-31-33-14-8-7-9-15-33)22-23-42(40)63-48(43,45(39)44)60-26-5-2/h4-5,7-9,14-15,18-23,28-29,35,38,43-45,53-54H,1-2,6,10-13,16-17,24-27,30-32H2,3H3,(H,49,55). The highest BCUT2D eigenvalue weighted by molar-refractivity contribution is 6.03. The van der Waals surface area contributed by atoms with Gasteiger partial charge in [-0.15, -0.1) is 13.2 Å². The molecule has 0 saturated heterocycles. The lowest BCUT2D eigenvalue weighted by Gasteiger charge is -2.59. The van der Waals surface area contributed by atoms with Crippen LogP contribution in [0, 0.1) is 27.9 Å². The van der Waals surface area contributed by atoms with Crippen LogP contribution in [-0.4, -0.2) is 83.2 Å². The number of carbonyl (C=O) groups excluding carboxylic acids is 2. The Hall–Kier alpha value is -6.03. The van der Waals surface area contributed by atoms with Gasteiger partial charge >= 0.3 is 12.2 Å². The molecule has 0 bridgehead atoms. The molecular formula is C48H58N4O11. The van der Waals surface area contributed by atoms with Gasteiger partial charge in [-0.2, -0.15) is 0 Å². The number of ether oxygens (including phenoxy) is 4. The summed E-state index contributed by atoms with van der Waals surface area (Å²) >= 11 is 0. The summed E-state index contributed by atoms with van der Waals surface area (Å²) in [6, 6.07) is 20.0. The van der Waals surface area contributed by atoms with Crippen LogP contribution in [0.15, 0.2) is 115 Å². The Bertz CT molecular complexity index is 2110. The Labute approximate surface area is 368 Å². The van der Waals surface area contributed by atoms with E-state index in [9.17, 15) is 29.9 Å². The van der Waals surface area contributed by atoms with Crippen molar-refractivity contribution in [2.45, 2.75) is 82.3 Å². The van der Waals surface area contributed by atoms with Gasteiger partial charge in [0.05, 0.1) is 29.8 Å². The van der Waals surface area contributed by atoms with Gasteiger partial charge in [0, 0.05) is 56.8 Å². The number of likely N-dealkylation sites (N-methyl/N-ethyl adjacent to an activating group) is 1. The molecule has 3 N–H and O–H groups in total. The number of allylic oxidation sites excluding steroid dienone is 1. The number of aliphatic hydroxyl groups is 2. The predicted molar refractivity (Wildman–Crippen MR) is 236 cm³/mol. The van der Waals surface area contributed by atoms with Gasteiger partial charge in [-0.1, -0.05) is 66.6 Å². The van der Waals surface area contributed by atoms with Gasteiger partial charge in [-0.25, -0.2) is 9.59 Å². The minimum absolute atomic E-state index is 0.0150. The molecule has 3 aromatic carbocycles. The second-order valence-electron chi connectivity index (χ2n) is 16.0. The maximum Gasteiger partial charge on any atom is 0.412 e. The summed E-state index contributed by atoms with van der Waals surface area (Å²) in [5.41, 5.74) is 3.68. The topological polar surface area (TPSA) is 192 Å². The molecular weight excluding hydrogens is 809 g/mol. The molecule has 6 unspecified atom stereocenters. The maximum atomic E-state index is 13.9. The number of non-ortho nitro benzene ring substituents is 1. The van der Waals surface area contributed by atoms with Crippen LogP contribution >= 0.6 is 0 Å². The highest BCUT2D eigenvalue weighted by atomic mass is 16.7. The van der Waals surface area contributed by atoms with Crippen molar-refractivity contribution in [1.82, 2.24) is 10.2 Å². The molecule has 1 fully saturated rings. The first-order valence-electron chi connectivity index (χ1n) is 21.6. The average Bonchev–Trinajstić information content (AvgIpc) is 3.29. The summed E-state index contributed by atoms with van der Waals surface area (Å²) in [5.74, 6) is -1.78. The minimum atomic E-state index is -1.51. The second kappa shape index (κ2) is 22.4. The van der Waals surface area contributed by atoms with E-state index in [1.165, 1.54) is 17.0 Å². The summed E-state index contributed by atoms with van der Waals surface area (Å²) in [7, 11) is 1.64. The molecule has 1 saturated carbocycles. The summed E-state index contributed by atoms with van der Waals surface area (Å²) in [6.45, 7) is 8.26. The lowest BCUT2D eigenvalue weighted by atomic mass is 9.55. The van der Waals surface area contributed by atoms with E-state index in [4.69, 9.17) is 28.9 Å². The van der Waals surface area contributed by atoms with Crippen molar-refractivity contribution >= 4 is 23.6 Å². The van der Waals surface area contributed by atoms with E-state index < -0.39 is 34.9 Å². The Kier molecular flexibility index (Phi) is 16.5. The van der Waals surface area contributed by atoms with Crippen molar-refractivity contribution in [3.05, 3.63) is 137 Å². The summed E-state index contributed by atoms with van der Waals surface area (Å²) < 4.78 is 25.6. The number of fused-ring (bicyclic) bond motifs is 2. The van der Waals surface area contributed by atoms with E-state index in [1.54, 1.807) is 43.5 Å². The van der Waals surface area contributed by atoms with Crippen LogP contribution < -0.4 is 14.8 Å². The molecule has 3 aliphatic rings. The zero-order valence-corrected chi connectivity index (χ0v) is 35.8. The predicted octanol–water partition coefficient (Wildman–Crippen LogP) is 8.36. The van der Waals surface area contributed by atoms with Gasteiger partial charge in [0.1, 0.15) is 24.1 Å². The number of benzene rings is 3. The zero-order valence-electron chi connectivity index (χ0n) is 35.8. The van der Waals surface area contributed by atoms with E-state index >= 15 is 0 Å².